The molecular formula is C12H11BrO5. The summed E-state index contributed by atoms with van der Waals surface area (Å²) in [5.41, 5.74) is 0. The lowest BCUT2D eigenvalue weighted by Gasteiger charge is -2.07. The average Bonchev–Trinajstić information content (AvgIpc) is 2.39. The maximum Gasteiger partial charge on any atom is 0.374 e. The van der Waals surface area contributed by atoms with Crippen LogP contribution in [0.1, 0.15) is 0 Å². The minimum absolute atomic E-state index is 0.244. The highest BCUT2D eigenvalue weighted by Gasteiger charge is 2.15. The van der Waals surface area contributed by atoms with Crippen LogP contribution in [0.25, 0.3) is 0 Å². The van der Waals surface area contributed by atoms with Crippen LogP contribution >= 0.6 is 15.9 Å². The van der Waals surface area contributed by atoms with Crippen LogP contribution in [0.4, 0.5) is 0 Å². The fourth-order valence-corrected chi connectivity index (χ4v) is 1.29. The van der Waals surface area contributed by atoms with Crippen LogP contribution in [-0.2, 0) is 19.1 Å². The van der Waals surface area contributed by atoms with Crippen LogP contribution in [-0.4, -0.2) is 26.2 Å². The van der Waals surface area contributed by atoms with Crippen LogP contribution in [0.2, 0.25) is 0 Å². The van der Waals surface area contributed by atoms with Gasteiger partial charge in [0.25, 0.3) is 0 Å². The Bertz CT molecular complexity index is 464. The fraction of sp³-hybridized carbons (Fsp3) is 0.167. The van der Waals surface area contributed by atoms with Crippen LogP contribution in [0, 0.1) is 0 Å². The lowest BCUT2D eigenvalue weighted by molar-refractivity contribution is -0.140. The Kier molecular flexibility index (Phi) is 5.38. The molecule has 0 aliphatic heterocycles. The van der Waals surface area contributed by atoms with E-state index in [0.717, 1.165) is 10.5 Å². The van der Waals surface area contributed by atoms with Gasteiger partial charge < -0.3 is 14.2 Å². The predicted molar refractivity (Wildman–Crippen MR) is 66.9 cm³/mol. The first-order chi connectivity index (χ1) is 8.56. The van der Waals surface area contributed by atoms with Crippen LogP contribution in [0.15, 0.2) is 40.6 Å². The first-order valence-corrected chi connectivity index (χ1v) is 5.67. The third-order valence-electron chi connectivity index (χ3n) is 1.88. The van der Waals surface area contributed by atoms with E-state index in [-0.39, 0.29) is 5.76 Å². The van der Waals surface area contributed by atoms with Gasteiger partial charge in [-0.2, -0.15) is 0 Å². The van der Waals surface area contributed by atoms with Crippen LogP contribution in [0.5, 0.6) is 5.75 Å². The highest BCUT2D eigenvalue weighted by atomic mass is 79.9. The van der Waals surface area contributed by atoms with E-state index in [4.69, 9.17) is 4.74 Å². The van der Waals surface area contributed by atoms with E-state index in [1.807, 2.05) is 0 Å². The van der Waals surface area contributed by atoms with Crippen molar-refractivity contribution in [2.75, 3.05) is 14.2 Å². The third kappa shape index (κ3) is 4.21. The van der Waals surface area contributed by atoms with E-state index in [1.165, 1.54) is 14.2 Å². The van der Waals surface area contributed by atoms with Gasteiger partial charge in [0.2, 0.25) is 5.76 Å². The Morgan fingerprint density at radius 2 is 1.72 bits per heavy atom. The van der Waals surface area contributed by atoms with Crippen LogP contribution < -0.4 is 4.74 Å². The molecule has 0 amide bonds. The van der Waals surface area contributed by atoms with Gasteiger partial charge in [0, 0.05) is 4.47 Å². The number of rotatable bonds is 4. The van der Waals surface area contributed by atoms with Crippen molar-refractivity contribution in [2.24, 2.45) is 0 Å². The quantitative estimate of drug-likeness (QED) is 0.483. The molecule has 0 N–H and O–H groups in total. The molecule has 0 aromatic heterocycles. The van der Waals surface area contributed by atoms with E-state index < -0.39 is 11.9 Å². The number of carbonyl (C=O) groups excluding carboxylic acids is 2. The molecule has 0 heterocycles. The monoisotopic (exact) mass is 314 g/mol. The number of carbonyl (C=O) groups is 2. The molecule has 0 saturated heterocycles. The molecule has 0 radical (unpaired) electrons. The van der Waals surface area contributed by atoms with Crippen molar-refractivity contribution < 1.29 is 23.8 Å². The number of benzene rings is 1. The molecule has 5 nitrogen and oxygen atoms in total. The first kappa shape index (κ1) is 14.2. The summed E-state index contributed by atoms with van der Waals surface area (Å²) >= 11 is 3.27. The molecule has 0 bridgehead atoms. The van der Waals surface area contributed by atoms with Crippen molar-refractivity contribution >= 4 is 27.9 Å². The van der Waals surface area contributed by atoms with Gasteiger partial charge in [0.15, 0.2) is 0 Å². The molecule has 1 aromatic carbocycles. The molecule has 1 aromatic rings. The lowest BCUT2D eigenvalue weighted by Crippen LogP contribution is -2.13. The highest BCUT2D eigenvalue weighted by molar-refractivity contribution is 9.10. The maximum absolute atomic E-state index is 11.4. The molecule has 0 atom stereocenters. The number of methoxy groups -OCH3 is 2. The number of ether oxygens (including phenoxy) is 3. The second-order valence-electron chi connectivity index (χ2n) is 3.08. The average molecular weight is 315 g/mol. The first-order valence-electron chi connectivity index (χ1n) is 4.88. The largest absolute Gasteiger partial charge is 0.466 e. The van der Waals surface area contributed by atoms with Gasteiger partial charge in [-0.3, -0.25) is 0 Å². The number of hydrogen-bond donors (Lipinski definition) is 0. The normalized spacial score (nSPS) is 10.7. The van der Waals surface area contributed by atoms with E-state index in [1.54, 1.807) is 24.3 Å². The summed E-state index contributed by atoms with van der Waals surface area (Å²) in [4.78, 5) is 22.5. The number of hydrogen-bond acceptors (Lipinski definition) is 5. The van der Waals surface area contributed by atoms with Gasteiger partial charge in [-0.05, 0) is 24.3 Å². The molecule has 96 valence electrons. The van der Waals surface area contributed by atoms with Gasteiger partial charge in [-0.25, -0.2) is 9.59 Å². The number of halogens is 1. The number of esters is 2. The zero-order chi connectivity index (χ0) is 13.5. The third-order valence-corrected chi connectivity index (χ3v) is 2.41. The molecule has 0 spiro atoms. The fourth-order valence-electron chi connectivity index (χ4n) is 1.03. The van der Waals surface area contributed by atoms with E-state index in [0.29, 0.717) is 5.75 Å². The second kappa shape index (κ2) is 6.80. The van der Waals surface area contributed by atoms with Crippen molar-refractivity contribution in [1.82, 2.24) is 0 Å². The summed E-state index contributed by atoms with van der Waals surface area (Å²) in [6, 6.07) is 6.75. The molecule has 0 unspecified atom stereocenters. The van der Waals surface area contributed by atoms with Crippen molar-refractivity contribution in [3.63, 3.8) is 0 Å². The minimum Gasteiger partial charge on any atom is -0.466 e. The molecule has 0 saturated carbocycles. The molecule has 1 rings (SSSR count). The van der Waals surface area contributed by atoms with E-state index in [2.05, 4.69) is 25.4 Å². The summed E-state index contributed by atoms with van der Waals surface area (Å²) in [6.07, 6.45) is 0.924. The Morgan fingerprint density at radius 3 is 2.22 bits per heavy atom. The Hall–Kier alpha value is -1.82. The lowest BCUT2D eigenvalue weighted by atomic mass is 10.3. The van der Waals surface area contributed by atoms with Crippen LogP contribution in [0.3, 0.4) is 0 Å². The highest BCUT2D eigenvalue weighted by Crippen LogP contribution is 2.18. The Morgan fingerprint density at radius 1 is 1.11 bits per heavy atom. The molecule has 6 heteroatoms. The van der Waals surface area contributed by atoms with E-state index in [9.17, 15) is 9.59 Å². The molecule has 0 fully saturated rings. The summed E-state index contributed by atoms with van der Waals surface area (Å²) in [6.45, 7) is 0. The standard InChI is InChI=1S/C12H11BrO5/c1-16-11(14)7-10(12(15)17-2)18-9-5-3-8(13)4-6-9/h3-7H,1-2H3/b10-7+. The Labute approximate surface area is 112 Å². The van der Waals surface area contributed by atoms with Crippen molar-refractivity contribution in [3.05, 3.63) is 40.6 Å². The minimum atomic E-state index is -0.761. The molecular weight excluding hydrogens is 304 g/mol. The summed E-state index contributed by atoms with van der Waals surface area (Å²) in [7, 11) is 2.39. The predicted octanol–water partition coefficient (Wildman–Crippen LogP) is 2.06. The molecule has 0 aliphatic rings. The topological polar surface area (TPSA) is 61.8 Å². The van der Waals surface area contributed by atoms with Gasteiger partial charge in [-0.15, -0.1) is 0 Å². The summed E-state index contributed by atoms with van der Waals surface area (Å²) in [5.74, 6) is -1.30. The maximum atomic E-state index is 11.4. The Balaban J connectivity index is 2.91. The van der Waals surface area contributed by atoms with E-state index >= 15 is 0 Å². The van der Waals surface area contributed by atoms with Gasteiger partial charge in [0.1, 0.15) is 5.75 Å². The van der Waals surface area contributed by atoms with Crippen molar-refractivity contribution in [1.29, 1.82) is 0 Å². The molecule has 18 heavy (non-hydrogen) atoms. The SMILES string of the molecule is COC(=O)/C=C(/Oc1ccc(Br)cc1)C(=O)OC. The molecule has 0 aliphatic carbocycles. The van der Waals surface area contributed by atoms with Gasteiger partial charge in [0.05, 0.1) is 20.3 Å². The summed E-state index contributed by atoms with van der Waals surface area (Å²) < 4.78 is 15.1. The zero-order valence-electron chi connectivity index (χ0n) is 9.81. The smallest absolute Gasteiger partial charge is 0.374 e. The van der Waals surface area contributed by atoms with Crippen molar-refractivity contribution in [3.8, 4) is 5.75 Å². The zero-order valence-corrected chi connectivity index (χ0v) is 11.4. The van der Waals surface area contributed by atoms with Gasteiger partial charge in [-0.1, -0.05) is 15.9 Å². The second-order valence-corrected chi connectivity index (χ2v) is 3.99. The van der Waals surface area contributed by atoms with Gasteiger partial charge >= 0.3 is 11.9 Å². The summed E-state index contributed by atoms with van der Waals surface area (Å²) in [5, 5.41) is 0. The van der Waals surface area contributed by atoms with Crippen molar-refractivity contribution in [2.45, 2.75) is 0 Å².